The molecule has 236 valence electrons. The number of methoxy groups -OCH3 is 2. The average molecular weight is 633 g/mol. The number of hydrazone groups is 1. The van der Waals surface area contributed by atoms with E-state index in [2.05, 4.69) is 21.2 Å². The maximum atomic E-state index is 12.6. The number of carbonyl (C=O) groups is 4. The molecule has 14 nitrogen and oxygen atoms in total. The molecule has 0 fully saturated rings. The van der Waals surface area contributed by atoms with Crippen molar-refractivity contribution in [3.8, 4) is 23.0 Å². The highest BCUT2D eigenvalue weighted by atomic mass is 35.5. The largest absolute Gasteiger partial charge is 0.493 e. The molecule has 1 heterocycles. The van der Waals surface area contributed by atoms with E-state index in [1.165, 1.54) is 26.5 Å². The predicted molar refractivity (Wildman–Crippen MR) is 158 cm³/mol. The van der Waals surface area contributed by atoms with Gasteiger partial charge in [-0.15, -0.1) is 0 Å². The van der Waals surface area contributed by atoms with Gasteiger partial charge in [-0.3, -0.25) is 4.79 Å². The van der Waals surface area contributed by atoms with Gasteiger partial charge in [-0.1, -0.05) is 17.7 Å². The fourth-order valence-electron chi connectivity index (χ4n) is 4.05. The lowest BCUT2D eigenvalue weighted by Crippen LogP contribution is -2.45. The van der Waals surface area contributed by atoms with Crippen LogP contribution >= 0.6 is 11.6 Å². The van der Waals surface area contributed by atoms with Gasteiger partial charge in [0.1, 0.15) is 0 Å². The van der Waals surface area contributed by atoms with Crippen molar-refractivity contribution < 1.29 is 47.6 Å². The van der Waals surface area contributed by atoms with Crippen LogP contribution < -0.4 is 35.0 Å². The number of halogens is 1. The van der Waals surface area contributed by atoms with Gasteiger partial charge in [0.15, 0.2) is 36.2 Å². The van der Waals surface area contributed by atoms with Gasteiger partial charge in [0.25, 0.3) is 5.91 Å². The number of allylic oxidation sites excluding steroid dienone is 1. The summed E-state index contributed by atoms with van der Waals surface area (Å²) in [6.45, 7) is 4.61. The first-order chi connectivity index (χ1) is 21.1. The van der Waals surface area contributed by atoms with Gasteiger partial charge in [0, 0.05) is 5.70 Å². The summed E-state index contributed by atoms with van der Waals surface area (Å²) >= 11 is 6.29. The fourth-order valence-corrected chi connectivity index (χ4v) is 4.32. The Labute approximate surface area is 258 Å². The SMILES string of the molecule is CCOC(=O)COc1c(Cl)cc(/C=N\NC(=O)COc2ccc([C@@H]3NC(=O)NC(C)=C3C(=O)OCC)cc2OC)cc1OC. The van der Waals surface area contributed by atoms with E-state index in [1.807, 2.05) is 0 Å². The maximum Gasteiger partial charge on any atom is 0.344 e. The van der Waals surface area contributed by atoms with Gasteiger partial charge in [-0.2, -0.15) is 5.10 Å². The molecule has 44 heavy (non-hydrogen) atoms. The molecule has 0 spiro atoms. The van der Waals surface area contributed by atoms with Crippen LogP contribution in [0.15, 0.2) is 46.7 Å². The van der Waals surface area contributed by atoms with Gasteiger partial charge in [0.05, 0.1) is 50.3 Å². The van der Waals surface area contributed by atoms with E-state index in [9.17, 15) is 19.2 Å². The molecule has 0 saturated heterocycles. The molecule has 0 aromatic heterocycles. The lowest BCUT2D eigenvalue weighted by molar-refractivity contribution is -0.145. The number of esters is 2. The Morgan fingerprint density at radius 3 is 2.39 bits per heavy atom. The summed E-state index contributed by atoms with van der Waals surface area (Å²) in [5.41, 5.74) is 3.97. The number of nitrogens with one attached hydrogen (secondary N) is 3. The first-order valence-corrected chi connectivity index (χ1v) is 13.7. The second-order valence-electron chi connectivity index (χ2n) is 8.91. The molecule has 0 saturated carbocycles. The van der Waals surface area contributed by atoms with E-state index in [4.69, 9.17) is 40.0 Å². The summed E-state index contributed by atoms with van der Waals surface area (Å²) in [4.78, 5) is 48.7. The van der Waals surface area contributed by atoms with Crippen molar-refractivity contribution in [2.45, 2.75) is 26.8 Å². The van der Waals surface area contributed by atoms with Crippen molar-refractivity contribution in [2.75, 3.05) is 40.6 Å². The standard InChI is InChI=1S/C29H33ClN4O10/c1-6-41-24(36)15-44-27-19(30)10-17(11-22(27)40-5)13-31-34-23(35)14-43-20-9-8-18(12-21(20)39-4)26-25(28(37)42-7-2)16(3)32-29(38)33-26/h8-13,26H,6-7,14-15H2,1-5H3,(H,34,35)(H2,32,33,38)/b31-13-/t26-/m0/s1. The fraction of sp³-hybridized carbons (Fsp3) is 0.345. The highest BCUT2D eigenvalue weighted by molar-refractivity contribution is 6.32. The van der Waals surface area contributed by atoms with Crippen molar-refractivity contribution in [3.05, 3.63) is 57.8 Å². The summed E-state index contributed by atoms with van der Waals surface area (Å²) in [5.74, 6) is -0.796. The number of urea groups is 1. The van der Waals surface area contributed by atoms with Crippen LogP contribution in [0, 0.1) is 0 Å². The zero-order chi connectivity index (χ0) is 32.2. The molecule has 1 aliphatic heterocycles. The number of amides is 3. The molecule has 15 heteroatoms. The summed E-state index contributed by atoms with van der Waals surface area (Å²) < 4.78 is 31.7. The second-order valence-corrected chi connectivity index (χ2v) is 9.32. The molecule has 0 unspecified atom stereocenters. The summed E-state index contributed by atoms with van der Waals surface area (Å²) in [5, 5.41) is 9.35. The summed E-state index contributed by atoms with van der Waals surface area (Å²) in [7, 11) is 2.82. The molecular weight excluding hydrogens is 600 g/mol. The Bertz CT molecular complexity index is 1460. The third-order valence-corrected chi connectivity index (χ3v) is 6.22. The Hall–Kier alpha value is -4.98. The smallest absolute Gasteiger partial charge is 0.344 e. The van der Waals surface area contributed by atoms with Crippen LogP contribution in [0.2, 0.25) is 5.02 Å². The number of rotatable bonds is 14. The average Bonchev–Trinajstić information content (AvgIpc) is 2.98. The molecule has 0 bridgehead atoms. The minimum Gasteiger partial charge on any atom is -0.493 e. The van der Waals surface area contributed by atoms with Crippen LogP contribution in [-0.2, 0) is 23.9 Å². The molecule has 2 aromatic rings. The molecular formula is C29H33ClN4O10. The number of ether oxygens (including phenoxy) is 6. The molecule has 2 aromatic carbocycles. The predicted octanol–water partition coefficient (Wildman–Crippen LogP) is 3.02. The lowest BCUT2D eigenvalue weighted by Gasteiger charge is -2.28. The van der Waals surface area contributed by atoms with Crippen LogP contribution in [0.1, 0.15) is 37.9 Å². The topological polar surface area (TPSA) is 172 Å². The van der Waals surface area contributed by atoms with Gasteiger partial charge < -0.3 is 39.1 Å². The van der Waals surface area contributed by atoms with Crippen molar-refractivity contribution in [2.24, 2.45) is 5.10 Å². The minimum absolute atomic E-state index is 0.155. The van der Waals surface area contributed by atoms with Gasteiger partial charge >= 0.3 is 18.0 Å². The first kappa shape index (κ1) is 33.5. The highest BCUT2D eigenvalue weighted by Crippen LogP contribution is 2.36. The normalized spacial score (nSPS) is 14.3. The van der Waals surface area contributed by atoms with Gasteiger partial charge in [-0.05, 0) is 56.2 Å². The van der Waals surface area contributed by atoms with Crippen LogP contribution in [0.3, 0.4) is 0 Å². The molecule has 3 N–H and O–H groups in total. The monoisotopic (exact) mass is 632 g/mol. The minimum atomic E-state index is -0.797. The maximum absolute atomic E-state index is 12.6. The Balaban J connectivity index is 1.64. The number of hydrogen-bond acceptors (Lipinski definition) is 11. The van der Waals surface area contributed by atoms with E-state index in [0.29, 0.717) is 16.8 Å². The van der Waals surface area contributed by atoms with Crippen LogP contribution in [0.5, 0.6) is 23.0 Å². The first-order valence-electron chi connectivity index (χ1n) is 13.4. The second kappa shape index (κ2) is 16.0. The Morgan fingerprint density at radius 1 is 0.977 bits per heavy atom. The molecule has 0 radical (unpaired) electrons. The molecule has 0 aliphatic carbocycles. The number of carbonyl (C=O) groups excluding carboxylic acids is 4. The van der Waals surface area contributed by atoms with E-state index < -0.39 is 36.5 Å². The third kappa shape index (κ3) is 8.77. The van der Waals surface area contributed by atoms with Crippen molar-refractivity contribution in [3.63, 3.8) is 0 Å². The van der Waals surface area contributed by atoms with Gasteiger partial charge in [0.2, 0.25) is 0 Å². The van der Waals surface area contributed by atoms with Crippen LogP contribution in [-0.4, -0.2) is 70.7 Å². The third-order valence-electron chi connectivity index (χ3n) is 5.94. The molecule has 3 amide bonds. The summed E-state index contributed by atoms with van der Waals surface area (Å²) in [6, 6.07) is 6.57. The highest BCUT2D eigenvalue weighted by Gasteiger charge is 2.32. The van der Waals surface area contributed by atoms with E-state index in [0.717, 1.165) is 0 Å². The Morgan fingerprint density at radius 2 is 1.70 bits per heavy atom. The zero-order valence-electron chi connectivity index (χ0n) is 24.8. The Kier molecular flexibility index (Phi) is 12.2. The molecule has 3 rings (SSSR count). The quantitative estimate of drug-likeness (QED) is 0.160. The number of benzene rings is 2. The van der Waals surface area contributed by atoms with Crippen LogP contribution in [0.4, 0.5) is 4.79 Å². The van der Waals surface area contributed by atoms with Gasteiger partial charge in [-0.25, -0.2) is 19.8 Å². The lowest BCUT2D eigenvalue weighted by atomic mass is 9.95. The van der Waals surface area contributed by atoms with E-state index in [-0.39, 0.29) is 53.4 Å². The van der Waals surface area contributed by atoms with Crippen LogP contribution in [0.25, 0.3) is 0 Å². The van der Waals surface area contributed by atoms with Crippen molar-refractivity contribution in [1.82, 2.24) is 16.1 Å². The van der Waals surface area contributed by atoms with E-state index in [1.54, 1.807) is 45.0 Å². The zero-order valence-corrected chi connectivity index (χ0v) is 25.5. The molecule has 1 atom stereocenters. The van der Waals surface area contributed by atoms with Crippen molar-refractivity contribution >= 4 is 41.7 Å². The van der Waals surface area contributed by atoms with E-state index >= 15 is 0 Å². The number of hydrogen-bond donors (Lipinski definition) is 3. The van der Waals surface area contributed by atoms with Crippen molar-refractivity contribution in [1.29, 1.82) is 0 Å². The summed E-state index contributed by atoms with van der Waals surface area (Å²) in [6.07, 6.45) is 1.33. The number of nitrogens with zero attached hydrogens (tertiary/aromatic N) is 1. The molecule has 1 aliphatic rings.